The lowest BCUT2D eigenvalue weighted by Gasteiger charge is -2.25. The number of pyridine rings is 1. The summed E-state index contributed by atoms with van der Waals surface area (Å²) < 4.78 is 5.35. The molecule has 0 radical (unpaired) electrons. The number of carbonyl (C=O) groups excluding carboxylic acids is 1. The highest BCUT2D eigenvalue weighted by atomic mass is 16.5. The average Bonchev–Trinajstić information content (AvgIpc) is 2.96. The van der Waals surface area contributed by atoms with E-state index in [1.54, 1.807) is 19.5 Å². The maximum atomic E-state index is 12.2. The van der Waals surface area contributed by atoms with E-state index in [4.69, 9.17) is 4.74 Å². The van der Waals surface area contributed by atoms with Crippen LogP contribution in [-0.2, 0) is 4.79 Å². The molecule has 5 nitrogen and oxygen atoms in total. The number of para-hydroxylation sites is 1. The van der Waals surface area contributed by atoms with Crippen molar-refractivity contribution in [3.05, 3.63) is 66.0 Å². The van der Waals surface area contributed by atoms with E-state index in [0.29, 0.717) is 6.42 Å². The zero-order valence-electron chi connectivity index (χ0n) is 15.3. The van der Waals surface area contributed by atoms with Crippen molar-refractivity contribution in [1.82, 2.24) is 15.2 Å². The van der Waals surface area contributed by atoms with E-state index in [0.717, 1.165) is 30.0 Å². The smallest absolute Gasteiger partial charge is 0.223 e. The summed E-state index contributed by atoms with van der Waals surface area (Å²) in [6.07, 6.45) is 8.28. The Kier molecular flexibility index (Phi) is 6.02. The molecule has 2 heterocycles. The van der Waals surface area contributed by atoms with Crippen molar-refractivity contribution in [2.24, 2.45) is 5.92 Å². The number of hydrogen-bond donors (Lipinski definition) is 1. The van der Waals surface area contributed by atoms with Crippen LogP contribution in [0.4, 0.5) is 0 Å². The molecule has 1 fully saturated rings. The van der Waals surface area contributed by atoms with Crippen LogP contribution >= 0.6 is 0 Å². The number of likely N-dealkylation sites (tertiary alicyclic amines) is 1. The van der Waals surface area contributed by atoms with Gasteiger partial charge in [0.15, 0.2) is 0 Å². The molecule has 1 aromatic heterocycles. The lowest BCUT2D eigenvalue weighted by Crippen LogP contribution is -2.29. The first-order valence-electron chi connectivity index (χ1n) is 8.86. The summed E-state index contributed by atoms with van der Waals surface area (Å²) in [6.45, 7) is 1.54. The number of methoxy groups -OCH3 is 1. The third kappa shape index (κ3) is 4.11. The first kappa shape index (κ1) is 18.1. The summed E-state index contributed by atoms with van der Waals surface area (Å²) in [5.41, 5.74) is 2.20. The Balaban J connectivity index is 1.57. The second kappa shape index (κ2) is 8.63. The van der Waals surface area contributed by atoms with Crippen molar-refractivity contribution in [3.8, 4) is 5.75 Å². The second-order valence-corrected chi connectivity index (χ2v) is 6.50. The third-order valence-corrected chi connectivity index (χ3v) is 4.85. The minimum Gasteiger partial charge on any atom is -0.496 e. The monoisotopic (exact) mass is 351 g/mol. The van der Waals surface area contributed by atoms with Gasteiger partial charge in [-0.2, -0.15) is 0 Å². The number of amides is 1. The van der Waals surface area contributed by atoms with Gasteiger partial charge in [-0.25, -0.2) is 0 Å². The topological polar surface area (TPSA) is 54.5 Å². The molecule has 1 saturated heterocycles. The summed E-state index contributed by atoms with van der Waals surface area (Å²) >= 11 is 0. The Hall–Kier alpha value is -2.66. The van der Waals surface area contributed by atoms with E-state index < -0.39 is 0 Å². The molecule has 0 bridgehead atoms. The van der Waals surface area contributed by atoms with Gasteiger partial charge in [-0.3, -0.25) is 9.78 Å². The Labute approximate surface area is 154 Å². The molecule has 3 rings (SSSR count). The minimum atomic E-state index is 0.108. The molecule has 0 saturated carbocycles. The third-order valence-electron chi connectivity index (χ3n) is 4.85. The molecule has 2 atom stereocenters. The fourth-order valence-corrected chi connectivity index (χ4v) is 3.53. The van der Waals surface area contributed by atoms with Gasteiger partial charge >= 0.3 is 0 Å². The van der Waals surface area contributed by atoms with E-state index in [1.807, 2.05) is 48.3 Å². The molecule has 1 N–H and O–H groups in total. The molecular formula is C21H25N3O2. The van der Waals surface area contributed by atoms with Gasteiger partial charge in [0.1, 0.15) is 5.75 Å². The molecular weight excluding hydrogens is 326 g/mol. The molecule has 0 aliphatic carbocycles. The number of benzene rings is 1. The molecule has 26 heavy (non-hydrogen) atoms. The van der Waals surface area contributed by atoms with Gasteiger partial charge in [0.25, 0.3) is 0 Å². The standard InChI is InChI=1S/C21H25N3O2/c1-24-20(25)14-18(21(24)17-9-12-22-13-10-17)15-23-11-5-7-16-6-3-4-8-19(16)26-2/h3-10,12-13,18,21,23H,11,14-15H2,1-2H3/b7-5+/t18-,21-/m0/s1. The number of nitrogens with zero attached hydrogens (tertiary/aromatic N) is 2. The van der Waals surface area contributed by atoms with Crippen molar-refractivity contribution in [3.63, 3.8) is 0 Å². The molecule has 1 aromatic carbocycles. The number of aromatic nitrogens is 1. The molecule has 0 spiro atoms. The van der Waals surface area contributed by atoms with Crippen LogP contribution < -0.4 is 10.1 Å². The first-order chi connectivity index (χ1) is 12.7. The van der Waals surface area contributed by atoms with Crippen molar-refractivity contribution < 1.29 is 9.53 Å². The van der Waals surface area contributed by atoms with Crippen molar-refractivity contribution >= 4 is 12.0 Å². The molecule has 5 heteroatoms. The predicted molar refractivity (Wildman–Crippen MR) is 103 cm³/mol. The highest BCUT2D eigenvalue weighted by molar-refractivity contribution is 5.79. The SMILES string of the molecule is COc1ccccc1/C=C/CNC[C@@H]1CC(=O)N(C)[C@H]1c1ccncc1. The molecule has 2 aromatic rings. The highest BCUT2D eigenvalue weighted by Crippen LogP contribution is 2.36. The predicted octanol–water partition coefficient (Wildman–Crippen LogP) is 2.91. The maximum absolute atomic E-state index is 12.2. The Morgan fingerprint density at radius 3 is 2.81 bits per heavy atom. The lowest BCUT2D eigenvalue weighted by atomic mass is 9.94. The van der Waals surface area contributed by atoms with Gasteiger partial charge in [-0.15, -0.1) is 0 Å². The largest absolute Gasteiger partial charge is 0.496 e. The van der Waals surface area contributed by atoms with Crippen molar-refractivity contribution in [2.45, 2.75) is 12.5 Å². The van der Waals surface area contributed by atoms with Crippen molar-refractivity contribution in [1.29, 1.82) is 0 Å². The van der Waals surface area contributed by atoms with Crippen LogP contribution in [0.2, 0.25) is 0 Å². The van der Waals surface area contributed by atoms with Crippen LogP contribution in [0.5, 0.6) is 5.75 Å². The quantitative estimate of drug-likeness (QED) is 0.780. The van der Waals surface area contributed by atoms with E-state index in [1.165, 1.54) is 0 Å². The lowest BCUT2D eigenvalue weighted by molar-refractivity contribution is -0.127. The number of hydrogen-bond acceptors (Lipinski definition) is 4. The van der Waals surface area contributed by atoms with Gasteiger partial charge < -0.3 is 15.0 Å². The highest BCUT2D eigenvalue weighted by Gasteiger charge is 2.37. The zero-order valence-corrected chi connectivity index (χ0v) is 15.3. The Morgan fingerprint density at radius 2 is 2.04 bits per heavy atom. The van der Waals surface area contributed by atoms with Crippen molar-refractivity contribution in [2.75, 3.05) is 27.2 Å². The normalized spacial score (nSPS) is 20.1. The van der Waals surface area contributed by atoms with Crippen LogP contribution in [0, 0.1) is 5.92 Å². The summed E-state index contributed by atoms with van der Waals surface area (Å²) in [5.74, 6) is 1.32. The molecule has 136 valence electrons. The average molecular weight is 351 g/mol. The van der Waals surface area contributed by atoms with E-state index in [-0.39, 0.29) is 17.9 Å². The fraction of sp³-hybridized carbons (Fsp3) is 0.333. The number of ether oxygens (including phenoxy) is 1. The summed E-state index contributed by atoms with van der Waals surface area (Å²) in [6, 6.07) is 12.0. The van der Waals surface area contributed by atoms with Gasteiger partial charge in [0.2, 0.25) is 5.91 Å². The van der Waals surface area contributed by atoms with E-state index in [2.05, 4.69) is 22.5 Å². The molecule has 0 unspecified atom stereocenters. The Bertz CT molecular complexity index is 761. The van der Waals surface area contributed by atoms with Crippen LogP contribution in [0.1, 0.15) is 23.6 Å². The van der Waals surface area contributed by atoms with Gasteiger partial charge in [0.05, 0.1) is 13.2 Å². The fourth-order valence-electron chi connectivity index (χ4n) is 3.53. The Morgan fingerprint density at radius 1 is 1.27 bits per heavy atom. The number of carbonyl (C=O) groups is 1. The maximum Gasteiger partial charge on any atom is 0.223 e. The summed E-state index contributed by atoms with van der Waals surface area (Å²) in [5, 5.41) is 3.45. The van der Waals surface area contributed by atoms with Gasteiger partial charge in [-0.1, -0.05) is 30.4 Å². The van der Waals surface area contributed by atoms with E-state index in [9.17, 15) is 4.79 Å². The minimum absolute atomic E-state index is 0.108. The number of nitrogens with one attached hydrogen (secondary N) is 1. The molecule has 1 aliphatic heterocycles. The molecule has 1 aliphatic rings. The van der Waals surface area contributed by atoms with Crippen LogP contribution in [0.15, 0.2) is 54.9 Å². The first-order valence-corrected chi connectivity index (χ1v) is 8.86. The summed E-state index contributed by atoms with van der Waals surface area (Å²) in [7, 11) is 3.56. The van der Waals surface area contributed by atoms with Crippen LogP contribution in [0.25, 0.3) is 6.08 Å². The van der Waals surface area contributed by atoms with Crippen LogP contribution in [0.3, 0.4) is 0 Å². The number of rotatable bonds is 7. The molecule has 1 amide bonds. The summed E-state index contributed by atoms with van der Waals surface area (Å²) in [4.78, 5) is 18.1. The van der Waals surface area contributed by atoms with Gasteiger partial charge in [-0.05, 0) is 23.8 Å². The zero-order chi connectivity index (χ0) is 18.4. The van der Waals surface area contributed by atoms with Crippen LogP contribution in [-0.4, -0.2) is 43.0 Å². The van der Waals surface area contributed by atoms with E-state index >= 15 is 0 Å². The second-order valence-electron chi connectivity index (χ2n) is 6.50. The van der Waals surface area contributed by atoms with Gasteiger partial charge in [0, 0.05) is 50.4 Å².